The second-order valence-corrected chi connectivity index (χ2v) is 6.11. The number of nitrogens with zero attached hydrogens (tertiary/aromatic N) is 3. The maximum Gasteiger partial charge on any atom is 0.251 e. The molecule has 134 valence electrons. The minimum absolute atomic E-state index is 0.0899. The van der Waals surface area contributed by atoms with Gasteiger partial charge in [0, 0.05) is 36.6 Å². The monoisotopic (exact) mass is 350 g/mol. The zero-order valence-electron chi connectivity index (χ0n) is 14.7. The van der Waals surface area contributed by atoms with Crippen molar-refractivity contribution in [2.75, 3.05) is 6.54 Å². The van der Waals surface area contributed by atoms with E-state index in [1.54, 1.807) is 37.6 Å². The number of carbonyl (C=O) groups excluding carboxylic acids is 1. The van der Waals surface area contributed by atoms with E-state index in [1.807, 2.05) is 35.0 Å². The van der Waals surface area contributed by atoms with Gasteiger partial charge in [0.05, 0.1) is 23.8 Å². The molecule has 0 radical (unpaired) electrons. The first-order valence-corrected chi connectivity index (χ1v) is 8.63. The molecule has 3 rings (SSSR count). The fourth-order valence-electron chi connectivity index (χ4n) is 2.62. The third-order valence-corrected chi connectivity index (χ3v) is 4.08. The Hall–Kier alpha value is -2.99. The number of aryl methyl sites for hydroxylation is 1. The average Bonchev–Trinajstić information content (AvgIpc) is 3.19. The summed E-state index contributed by atoms with van der Waals surface area (Å²) < 4.78 is 1.98. The van der Waals surface area contributed by atoms with Crippen molar-refractivity contribution in [1.82, 2.24) is 19.9 Å². The van der Waals surface area contributed by atoms with Gasteiger partial charge in [-0.25, -0.2) is 4.98 Å². The first-order chi connectivity index (χ1) is 12.6. The van der Waals surface area contributed by atoms with E-state index in [2.05, 4.69) is 15.3 Å². The van der Waals surface area contributed by atoms with E-state index >= 15 is 0 Å². The van der Waals surface area contributed by atoms with Crippen molar-refractivity contribution >= 4 is 5.91 Å². The van der Waals surface area contributed by atoms with Crippen LogP contribution in [0.4, 0.5) is 0 Å². The minimum atomic E-state index is -0.609. The van der Waals surface area contributed by atoms with Crippen LogP contribution in [0.3, 0.4) is 0 Å². The van der Waals surface area contributed by atoms with Crippen molar-refractivity contribution in [2.45, 2.75) is 26.0 Å². The number of amides is 1. The summed E-state index contributed by atoms with van der Waals surface area (Å²) in [5.41, 5.74) is 2.92. The fraction of sp³-hybridized carbons (Fsp3) is 0.250. The van der Waals surface area contributed by atoms with E-state index in [0.29, 0.717) is 17.8 Å². The van der Waals surface area contributed by atoms with Crippen LogP contribution >= 0.6 is 0 Å². The van der Waals surface area contributed by atoms with Crippen LogP contribution in [0, 0.1) is 0 Å². The van der Waals surface area contributed by atoms with E-state index in [1.165, 1.54) is 0 Å². The van der Waals surface area contributed by atoms with Gasteiger partial charge in [-0.3, -0.25) is 9.78 Å². The largest absolute Gasteiger partial charge is 0.387 e. The highest BCUT2D eigenvalue weighted by Gasteiger charge is 2.08. The zero-order valence-corrected chi connectivity index (χ0v) is 14.7. The Balaban J connectivity index is 1.56. The highest BCUT2D eigenvalue weighted by Crippen LogP contribution is 2.20. The Morgan fingerprint density at radius 1 is 1.23 bits per heavy atom. The van der Waals surface area contributed by atoms with Crippen LogP contribution < -0.4 is 5.32 Å². The molecule has 0 saturated heterocycles. The minimum Gasteiger partial charge on any atom is -0.387 e. The lowest BCUT2D eigenvalue weighted by molar-refractivity contribution is 0.0952. The van der Waals surface area contributed by atoms with Gasteiger partial charge in [0.15, 0.2) is 0 Å². The molecule has 0 bridgehead atoms. The number of nitrogens with one attached hydrogen (secondary N) is 1. The molecule has 6 heteroatoms. The Bertz CT molecular complexity index is 843. The van der Waals surface area contributed by atoms with Crippen LogP contribution in [0.25, 0.3) is 11.3 Å². The smallest absolute Gasteiger partial charge is 0.251 e. The van der Waals surface area contributed by atoms with E-state index in [4.69, 9.17) is 0 Å². The van der Waals surface area contributed by atoms with E-state index in [0.717, 1.165) is 24.2 Å². The predicted octanol–water partition coefficient (Wildman–Crippen LogP) is 2.82. The molecule has 1 aromatic carbocycles. The first-order valence-electron chi connectivity index (χ1n) is 8.63. The predicted molar refractivity (Wildman–Crippen MR) is 99.5 cm³/mol. The lowest BCUT2D eigenvalue weighted by atomic mass is 10.1. The second-order valence-electron chi connectivity index (χ2n) is 6.11. The van der Waals surface area contributed by atoms with Gasteiger partial charge in [0.2, 0.25) is 0 Å². The van der Waals surface area contributed by atoms with Gasteiger partial charge < -0.3 is 15.0 Å². The number of hydrogen-bond acceptors (Lipinski definition) is 4. The molecule has 0 aliphatic rings. The average molecular weight is 350 g/mol. The number of rotatable bonds is 7. The number of imidazole rings is 1. The van der Waals surface area contributed by atoms with E-state index in [-0.39, 0.29) is 5.91 Å². The fourth-order valence-corrected chi connectivity index (χ4v) is 2.62. The molecule has 0 saturated carbocycles. The molecule has 1 unspecified atom stereocenters. The van der Waals surface area contributed by atoms with Crippen LogP contribution in [-0.4, -0.2) is 32.1 Å². The van der Waals surface area contributed by atoms with Crippen molar-refractivity contribution < 1.29 is 9.90 Å². The summed E-state index contributed by atoms with van der Waals surface area (Å²) in [5, 5.41) is 12.6. The van der Waals surface area contributed by atoms with Gasteiger partial charge in [-0.2, -0.15) is 0 Å². The van der Waals surface area contributed by atoms with E-state index in [9.17, 15) is 9.90 Å². The molecule has 2 N–H and O–H groups in total. The molecule has 3 aromatic rings. The van der Waals surface area contributed by atoms with Crippen molar-refractivity contribution in [2.24, 2.45) is 0 Å². The summed E-state index contributed by atoms with van der Waals surface area (Å²) in [6.45, 7) is 3.12. The molecule has 2 heterocycles. The van der Waals surface area contributed by atoms with Crippen LogP contribution in [0.5, 0.6) is 0 Å². The molecule has 0 fully saturated rings. The second kappa shape index (κ2) is 8.40. The summed E-state index contributed by atoms with van der Waals surface area (Å²) in [4.78, 5) is 20.7. The number of aliphatic hydroxyl groups is 1. The quantitative estimate of drug-likeness (QED) is 0.642. The first kappa shape index (κ1) is 17.8. The molecular formula is C20H22N4O2. The van der Waals surface area contributed by atoms with Gasteiger partial charge in [0.25, 0.3) is 5.91 Å². The summed E-state index contributed by atoms with van der Waals surface area (Å²) >= 11 is 0. The van der Waals surface area contributed by atoms with Gasteiger partial charge in [-0.1, -0.05) is 18.2 Å². The number of hydrogen-bond donors (Lipinski definition) is 2. The lowest BCUT2D eigenvalue weighted by Gasteiger charge is -2.08. The van der Waals surface area contributed by atoms with Crippen LogP contribution in [0.15, 0.2) is 61.2 Å². The van der Waals surface area contributed by atoms with Crippen LogP contribution in [0.2, 0.25) is 0 Å². The number of pyridine rings is 1. The Morgan fingerprint density at radius 2 is 2.04 bits per heavy atom. The molecular weight excluding hydrogens is 328 g/mol. The maximum absolute atomic E-state index is 12.2. The van der Waals surface area contributed by atoms with Gasteiger partial charge in [0.1, 0.15) is 0 Å². The SMILES string of the molecule is CC(O)c1cccc(-c2ccc(C(=O)NCCCn3ccnc3)cc2)n1. The standard InChI is InChI=1S/C20H22N4O2/c1-15(25)18-4-2-5-19(23-18)16-6-8-17(9-7-16)20(26)22-10-3-12-24-13-11-21-14-24/h2,4-9,11,13-15,25H,3,10,12H2,1H3,(H,22,26). The molecule has 26 heavy (non-hydrogen) atoms. The lowest BCUT2D eigenvalue weighted by Crippen LogP contribution is -2.25. The Morgan fingerprint density at radius 3 is 2.73 bits per heavy atom. The van der Waals surface area contributed by atoms with Gasteiger partial charge in [-0.15, -0.1) is 0 Å². The number of aliphatic hydroxyl groups excluding tert-OH is 1. The molecule has 6 nitrogen and oxygen atoms in total. The maximum atomic E-state index is 12.2. The van der Waals surface area contributed by atoms with Crippen LogP contribution in [0.1, 0.15) is 35.5 Å². The zero-order chi connectivity index (χ0) is 18.4. The normalized spacial score (nSPS) is 11.9. The third kappa shape index (κ3) is 4.55. The molecule has 0 aliphatic heterocycles. The third-order valence-electron chi connectivity index (χ3n) is 4.08. The number of benzene rings is 1. The van der Waals surface area contributed by atoms with E-state index < -0.39 is 6.10 Å². The number of aromatic nitrogens is 3. The number of carbonyl (C=O) groups is 1. The van der Waals surface area contributed by atoms with Crippen molar-refractivity contribution in [3.8, 4) is 11.3 Å². The van der Waals surface area contributed by atoms with Crippen molar-refractivity contribution in [3.63, 3.8) is 0 Å². The highest BCUT2D eigenvalue weighted by atomic mass is 16.3. The van der Waals surface area contributed by atoms with Crippen molar-refractivity contribution in [1.29, 1.82) is 0 Å². The van der Waals surface area contributed by atoms with Crippen molar-refractivity contribution in [3.05, 3.63) is 72.4 Å². The molecule has 1 atom stereocenters. The summed E-state index contributed by atoms with van der Waals surface area (Å²) in [5.74, 6) is -0.0899. The Labute approximate surface area is 152 Å². The topological polar surface area (TPSA) is 80.0 Å². The molecule has 1 amide bonds. The Kier molecular flexibility index (Phi) is 5.76. The van der Waals surface area contributed by atoms with Gasteiger partial charge in [-0.05, 0) is 37.6 Å². The summed E-state index contributed by atoms with van der Waals surface area (Å²) in [6.07, 6.45) is 5.65. The summed E-state index contributed by atoms with van der Waals surface area (Å²) in [6, 6.07) is 12.9. The molecule has 0 aliphatic carbocycles. The highest BCUT2D eigenvalue weighted by molar-refractivity contribution is 5.94. The molecule has 2 aromatic heterocycles. The summed E-state index contributed by atoms with van der Waals surface area (Å²) in [7, 11) is 0. The van der Waals surface area contributed by atoms with Gasteiger partial charge >= 0.3 is 0 Å². The molecule has 0 spiro atoms. The van der Waals surface area contributed by atoms with Crippen LogP contribution in [-0.2, 0) is 6.54 Å².